The van der Waals surface area contributed by atoms with Crippen LogP contribution in [0.15, 0.2) is 89.1 Å². The number of H-pyrrole nitrogens is 3. The maximum Gasteiger partial charge on any atom is 0.386 e. The van der Waals surface area contributed by atoms with Gasteiger partial charge in [0.25, 0.3) is 16.7 Å². The van der Waals surface area contributed by atoms with E-state index in [1.54, 1.807) is 0 Å². The lowest BCUT2D eigenvalue weighted by atomic mass is 10.1. The fourth-order valence-electron chi connectivity index (χ4n) is 15.9. The van der Waals surface area contributed by atoms with E-state index < -0.39 is 244 Å². The van der Waals surface area contributed by atoms with Crippen LogP contribution in [0, 0.1) is 0 Å². The number of nitrogens with one attached hydrogen (secondary N) is 3. The first-order chi connectivity index (χ1) is 63.9. The summed E-state index contributed by atoms with van der Waals surface area (Å²) in [5, 5.41) is 0. The van der Waals surface area contributed by atoms with E-state index in [1.165, 1.54) is 69.5 Å². The molecule has 0 spiro atoms. The predicted octanol–water partition coefficient (Wildman–Crippen LogP) is 2.17. The SMILES string of the molecule is Nc1nc2c(ncn2[C@@H]2O[C@@H]3COP(=O)(S)O[C@H]4[C@H](F)[C@H](n5cnc6c(N)ccnc65)O[C@@H]4COP(O)(=S)O[C@@H]2[C@@H]3F)c(=O)[nH]1.Nc1nc2c(ncn2[C@@H]2O[C@@H]3COP(O)(=S)O[C@H]4[C@H](F)[C@H](n5cnc6c(N)ccnc65)O[C@@H]4COP(O)(=S)O[C@@H]2[C@@H]3F)c(=O)[nH]1.Nc1nc2c(ncn2[C@@H]2O[C@@H]3COP(O)(=S)O[C@H]4[C@H](F)[C@H](n5cnc6c(N)ccnc65)O[C@@H]4COP(O)(=S)O[C@@H]2[C@@H]3F)c(=O)[nH]1. The summed E-state index contributed by atoms with van der Waals surface area (Å²) in [6.45, 7) is -30.2. The standard InChI is InChI=1S/3C21H23F2N9O9P2S2/c3*22-10-8-3-36-42(34,44)40-14-9(39-19(11(14)23)31-5-27-12-7(24)1-2-26-16(12)31)4-37-43(35,45)41-15(10)20(38-8)32-6-28-13-17(32)29-21(25)30-18(13)33/h3*1-2,5-6,8-11,14-15,19-20H,3-4H2,(H2,24,26)(H,34,44)(H,35,45)(H3,25,29,30,33)/t3*8-,9-,10-,11+,14-,15-,19-,20-,42?,43?/m111/s1. The van der Waals surface area contributed by atoms with Crippen molar-refractivity contribution in [1.29, 1.82) is 0 Å². The molecule has 21 rings (SSSR count). The number of aromatic nitrogens is 21. The molecule has 0 saturated carbocycles. The normalized spacial score (nSPS) is 37.7. The number of nitrogen functional groups attached to an aromatic ring is 6. The number of alkyl halides is 6. The molecule has 21 heterocycles. The fourth-order valence-corrected chi connectivity index (χ4v) is 24.5. The van der Waals surface area contributed by atoms with Crippen LogP contribution in [-0.2, 0) is 146 Å². The fraction of sp³-hybridized carbons (Fsp3) is 0.476. The van der Waals surface area contributed by atoms with E-state index in [1.807, 2.05) is 0 Å². The van der Waals surface area contributed by atoms with Crippen molar-refractivity contribution in [3.05, 3.63) is 106 Å². The topological polar surface area (TPSA) is 723 Å². The molecular formula is C63H69F6N27O27P6S6. The average Bonchev–Trinajstić information content (AvgIpc) is 1.63. The third-order valence-corrected chi connectivity index (χ3v) is 31.4. The number of aromatic amines is 3. The van der Waals surface area contributed by atoms with Crippen LogP contribution in [0.25, 0.3) is 67.0 Å². The average molecular weight is 2130 g/mol. The minimum Gasteiger partial charge on any atom is -0.397 e. The van der Waals surface area contributed by atoms with Crippen LogP contribution < -0.4 is 51.1 Å². The van der Waals surface area contributed by atoms with Crippen molar-refractivity contribution in [1.82, 2.24) is 102 Å². The van der Waals surface area contributed by atoms with Crippen LogP contribution in [0.1, 0.15) is 37.4 Å². The largest absolute Gasteiger partial charge is 0.397 e. The molecule has 135 heavy (non-hydrogen) atoms. The third-order valence-electron chi connectivity index (χ3n) is 22.0. The van der Waals surface area contributed by atoms with Crippen molar-refractivity contribution < 1.29 is 138 Å². The minimum atomic E-state index is -4.44. The van der Waals surface area contributed by atoms with Crippen molar-refractivity contribution in [2.45, 2.75) is 148 Å². The Bertz CT molecular complexity index is 6500. The summed E-state index contributed by atoms with van der Waals surface area (Å²) in [4.78, 5) is 148. The number of hydrogen-bond acceptors (Lipinski definition) is 45. The van der Waals surface area contributed by atoms with Crippen LogP contribution >= 0.6 is 52.6 Å². The van der Waals surface area contributed by atoms with Crippen molar-refractivity contribution >= 4 is 214 Å². The predicted molar refractivity (Wildman–Crippen MR) is 470 cm³/mol. The van der Waals surface area contributed by atoms with Crippen molar-refractivity contribution in [2.75, 3.05) is 74.0 Å². The molecule has 72 heteroatoms. The van der Waals surface area contributed by atoms with E-state index in [9.17, 15) is 43.4 Å². The zero-order valence-corrected chi connectivity index (χ0v) is 77.5. The number of nitrogens with two attached hydrogens (primary N) is 6. The smallest absolute Gasteiger partial charge is 0.386 e. The van der Waals surface area contributed by atoms with Gasteiger partial charge in [-0.3, -0.25) is 88.4 Å². The summed E-state index contributed by atoms with van der Waals surface area (Å²) in [6.07, 6.45) is -27.9. The van der Waals surface area contributed by atoms with Gasteiger partial charge < -0.3 is 110 Å². The summed E-state index contributed by atoms with van der Waals surface area (Å²) < 4.78 is 217. The molecule has 726 valence electrons. The molecule has 6 unspecified atom stereocenters. The van der Waals surface area contributed by atoms with Gasteiger partial charge in [-0.15, -0.1) is 0 Å². The molecule has 0 radical (unpaired) electrons. The summed E-state index contributed by atoms with van der Waals surface area (Å²) in [5.41, 5.74) is 34.5. The van der Waals surface area contributed by atoms with Gasteiger partial charge in [0.05, 0.1) is 94.7 Å². The molecular weight excluding hydrogens is 2060 g/mol. The second-order valence-corrected chi connectivity index (χ2v) is 47.4. The molecule has 6 bridgehead atoms. The number of anilines is 6. The van der Waals surface area contributed by atoms with Gasteiger partial charge in [-0.25, -0.2) is 75.8 Å². The highest BCUT2D eigenvalue weighted by Gasteiger charge is 2.59. The van der Waals surface area contributed by atoms with Crippen molar-refractivity contribution in [3.63, 3.8) is 0 Å². The van der Waals surface area contributed by atoms with Gasteiger partial charge in [0, 0.05) is 18.6 Å². The molecule has 9 fully saturated rings. The Kier molecular flexibility index (Phi) is 26.1. The molecule has 0 aromatic carbocycles. The summed E-state index contributed by atoms with van der Waals surface area (Å²) in [5.74, 6) is -0.766. The lowest BCUT2D eigenvalue weighted by Gasteiger charge is -2.27. The molecule has 12 aromatic heterocycles. The van der Waals surface area contributed by atoms with E-state index in [0.29, 0.717) is 22.4 Å². The maximum absolute atomic E-state index is 16.0. The number of halogens is 6. The number of fused-ring (bicyclic) bond motifs is 15. The Morgan fingerprint density at radius 2 is 0.556 bits per heavy atom. The number of pyridine rings is 3. The second kappa shape index (κ2) is 36.7. The monoisotopic (exact) mass is 2130 g/mol. The van der Waals surface area contributed by atoms with E-state index >= 15 is 26.3 Å². The van der Waals surface area contributed by atoms with Gasteiger partial charge in [0.1, 0.15) is 89.8 Å². The number of imidazole rings is 6. The highest BCUT2D eigenvalue weighted by Crippen LogP contribution is 2.61. The minimum absolute atomic E-state index is 0.0852. The van der Waals surface area contributed by atoms with Gasteiger partial charge >= 0.3 is 40.4 Å². The van der Waals surface area contributed by atoms with E-state index in [2.05, 4.69) is 87.0 Å². The van der Waals surface area contributed by atoms with E-state index in [0.717, 1.165) is 32.7 Å². The number of ether oxygens (including phenoxy) is 6. The van der Waals surface area contributed by atoms with Crippen molar-refractivity contribution in [2.24, 2.45) is 0 Å². The zero-order valence-electron chi connectivity index (χ0n) is 67.2. The number of nitrogens with zero attached hydrogens (tertiary/aromatic N) is 18. The Balaban J connectivity index is 0.000000130. The quantitative estimate of drug-likeness (QED) is 0.0644. The highest BCUT2D eigenvalue weighted by atomic mass is 32.7. The first-order valence-electron chi connectivity index (χ1n) is 39.0. The molecule has 54 nitrogen and oxygen atoms in total. The molecule has 20 N–H and O–H groups in total. The van der Waals surface area contributed by atoms with Crippen LogP contribution in [0.4, 0.5) is 61.2 Å². The molecule has 9 saturated heterocycles. The van der Waals surface area contributed by atoms with Crippen LogP contribution in [-0.4, -0.2) is 277 Å². The Morgan fingerprint density at radius 1 is 0.326 bits per heavy atom. The highest BCUT2D eigenvalue weighted by molar-refractivity contribution is 8.44. The van der Waals surface area contributed by atoms with Gasteiger partial charge in [-0.2, -0.15) is 15.0 Å². The van der Waals surface area contributed by atoms with E-state index in [4.69, 9.17) is 176 Å². The first-order valence-corrected chi connectivity index (χ1v) is 54.7. The Labute approximate surface area is 776 Å². The molecule has 9 aliphatic rings. The Morgan fingerprint density at radius 3 is 0.837 bits per heavy atom. The second-order valence-electron chi connectivity index (χ2n) is 30.6. The third kappa shape index (κ3) is 18.8. The van der Waals surface area contributed by atoms with Gasteiger partial charge in [0.2, 0.25) is 17.8 Å². The maximum atomic E-state index is 16.0. The molecule has 9 aliphatic heterocycles. The van der Waals surface area contributed by atoms with Crippen LogP contribution in [0.5, 0.6) is 0 Å². The van der Waals surface area contributed by atoms with Crippen LogP contribution in [0.3, 0.4) is 0 Å². The lowest BCUT2D eigenvalue weighted by Crippen LogP contribution is -2.34. The molecule has 30 atom stereocenters. The number of thiol groups is 1. The molecule has 0 amide bonds. The van der Waals surface area contributed by atoms with Crippen molar-refractivity contribution in [3.8, 4) is 0 Å². The van der Waals surface area contributed by atoms with Gasteiger partial charge in [-0.05, 0) is 77.2 Å². The summed E-state index contributed by atoms with van der Waals surface area (Å²) >= 11 is 29.7. The molecule has 12 aromatic rings. The first kappa shape index (κ1) is 96.1. The van der Waals surface area contributed by atoms with Crippen LogP contribution in [0.2, 0.25) is 0 Å². The van der Waals surface area contributed by atoms with Gasteiger partial charge in [-0.1, -0.05) is 12.2 Å². The zero-order chi connectivity index (χ0) is 95.5. The Hall–Kier alpha value is -7.80. The summed E-state index contributed by atoms with van der Waals surface area (Å²) in [6, 6.07) is 4.56. The van der Waals surface area contributed by atoms with Gasteiger partial charge in [0.15, 0.2) is 125 Å². The number of rotatable bonds is 6. The number of hydrogen-bond donors (Lipinski definition) is 15. The lowest BCUT2D eigenvalue weighted by molar-refractivity contribution is -0.0599. The summed E-state index contributed by atoms with van der Waals surface area (Å²) in [7, 11) is 0. The van der Waals surface area contributed by atoms with E-state index in [-0.39, 0.29) is 79.5 Å². The molecule has 0 aliphatic carbocycles.